The summed E-state index contributed by atoms with van der Waals surface area (Å²) in [6.07, 6.45) is 5.68. The average molecular weight is 377 g/mol. The molecule has 0 radical (unpaired) electrons. The second-order valence-electron chi connectivity index (χ2n) is 7.58. The number of carbonyl (C=O) groups is 2. The summed E-state index contributed by atoms with van der Waals surface area (Å²) >= 11 is 6.11. The fourth-order valence-corrected chi connectivity index (χ4v) is 4.65. The van der Waals surface area contributed by atoms with Crippen LogP contribution in [0.2, 0.25) is 5.02 Å². The van der Waals surface area contributed by atoms with Gasteiger partial charge in [0.2, 0.25) is 11.8 Å². The Labute approximate surface area is 159 Å². The van der Waals surface area contributed by atoms with E-state index in [0.29, 0.717) is 50.1 Å². The van der Waals surface area contributed by atoms with Crippen molar-refractivity contribution in [2.75, 3.05) is 19.7 Å². The molecule has 0 bridgehead atoms. The second kappa shape index (κ2) is 7.47. The summed E-state index contributed by atoms with van der Waals surface area (Å²) in [5.41, 5.74) is 0.947. The molecule has 0 unspecified atom stereocenters. The lowest BCUT2D eigenvalue weighted by Gasteiger charge is -2.37. The summed E-state index contributed by atoms with van der Waals surface area (Å²) in [6.45, 7) is 2.14. The first-order valence-electron chi connectivity index (χ1n) is 9.61. The first kappa shape index (κ1) is 17.7. The number of benzene rings is 1. The quantitative estimate of drug-likeness (QED) is 0.796. The van der Waals surface area contributed by atoms with Crippen LogP contribution >= 0.6 is 11.6 Å². The molecule has 5 nitrogen and oxygen atoms in total. The minimum atomic E-state index is -0.103. The van der Waals surface area contributed by atoms with Crippen LogP contribution in [0.4, 0.5) is 0 Å². The maximum atomic E-state index is 13.2. The number of halogens is 1. The fourth-order valence-electron chi connectivity index (χ4n) is 4.45. The molecular formula is C20H25ClN2O3. The number of nitrogens with zero attached hydrogens (tertiary/aromatic N) is 2. The van der Waals surface area contributed by atoms with Gasteiger partial charge in [0.25, 0.3) is 0 Å². The zero-order chi connectivity index (χ0) is 18.1. The van der Waals surface area contributed by atoms with Gasteiger partial charge in [-0.05, 0) is 37.5 Å². The number of carbonyl (C=O) groups excluding carboxylic acids is 2. The van der Waals surface area contributed by atoms with E-state index in [9.17, 15) is 9.59 Å². The molecule has 0 N–H and O–H groups in total. The van der Waals surface area contributed by atoms with Gasteiger partial charge >= 0.3 is 0 Å². The number of hydrogen-bond acceptors (Lipinski definition) is 3. The van der Waals surface area contributed by atoms with Crippen molar-refractivity contribution in [2.45, 2.75) is 51.1 Å². The Morgan fingerprint density at radius 3 is 2.81 bits per heavy atom. The monoisotopic (exact) mass is 376 g/mol. The third-order valence-corrected chi connectivity index (χ3v) is 6.11. The number of amides is 2. The molecule has 1 saturated carbocycles. The van der Waals surface area contributed by atoms with E-state index in [1.54, 1.807) is 0 Å². The van der Waals surface area contributed by atoms with Crippen molar-refractivity contribution in [1.29, 1.82) is 0 Å². The zero-order valence-electron chi connectivity index (χ0n) is 15.0. The van der Waals surface area contributed by atoms with Crippen LogP contribution in [0.5, 0.6) is 5.75 Å². The molecule has 4 rings (SSSR count). The summed E-state index contributed by atoms with van der Waals surface area (Å²) < 4.78 is 5.77. The third kappa shape index (κ3) is 3.54. The van der Waals surface area contributed by atoms with Crippen molar-refractivity contribution in [3.05, 3.63) is 28.8 Å². The molecular weight excluding hydrogens is 352 g/mol. The number of ether oxygens (including phenoxy) is 1. The third-order valence-electron chi connectivity index (χ3n) is 5.87. The Bertz CT molecular complexity index is 702. The van der Waals surface area contributed by atoms with Gasteiger partial charge in [-0.3, -0.25) is 9.59 Å². The molecule has 1 aromatic carbocycles. The molecule has 1 aromatic rings. The predicted molar refractivity (Wildman–Crippen MR) is 99.1 cm³/mol. The molecule has 140 valence electrons. The number of fused-ring (bicyclic) bond motifs is 1. The van der Waals surface area contributed by atoms with E-state index in [-0.39, 0.29) is 17.7 Å². The molecule has 2 aliphatic heterocycles. The molecule has 1 aliphatic carbocycles. The lowest BCUT2D eigenvalue weighted by molar-refractivity contribution is -0.145. The van der Waals surface area contributed by atoms with E-state index in [1.165, 1.54) is 12.8 Å². The van der Waals surface area contributed by atoms with Crippen molar-refractivity contribution < 1.29 is 14.3 Å². The molecule has 1 saturated heterocycles. The van der Waals surface area contributed by atoms with E-state index >= 15 is 0 Å². The van der Waals surface area contributed by atoms with Gasteiger partial charge in [-0.25, -0.2) is 0 Å². The number of hydrogen-bond donors (Lipinski definition) is 0. The first-order chi connectivity index (χ1) is 12.6. The van der Waals surface area contributed by atoms with Gasteiger partial charge in [0.05, 0.1) is 12.5 Å². The van der Waals surface area contributed by atoms with Crippen LogP contribution in [-0.4, -0.2) is 47.4 Å². The number of piperidine rings is 1. The minimum Gasteiger partial charge on any atom is -0.491 e. The Kier molecular flexibility index (Phi) is 5.07. The fraction of sp³-hybridized carbons (Fsp3) is 0.600. The van der Waals surface area contributed by atoms with Gasteiger partial charge in [-0.15, -0.1) is 0 Å². The van der Waals surface area contributed by atoms with Crippen LogP contribution in [0.3, 0.4) is 0 Å². The molecule has 0 spiro atoms. The van der Waals surface area contributed by atoms with Gasteiger partial charge < -0.3 is 14.5 Å². The summed E-state index contributed by atoms with van der Waals surface area (Å²) in [5, 5.41) is 0.650. The summed E-state index contributed by atoms with van der Waals surface area (Å²) in [4.78, 5) is 29.4. The van der Waals surface area contributed by atoms with E-state index in [1.807, 2.05) is 28.0 Å². The SMILES string of the molecule is O=C([C@H]1CCC(=O)N(C2CCCC2)C1)N1CCOc2ccc(Cl)cc2C1. The highest BCUT2D eigenvalue weighted by molar-refractivity contribution is 6.30. The molecule has 26 heavy (non-hydrogen) atoms. The maximum Gasteiger partial charge on any atom is 0.227 e. The normalized spacial score (nSPS) is 24.2. The van der Waals surface area contributed by atoms with Crippen molar-refractivity contribution in [3.63, 3.8) is 0 Å². The van der Waals surface area contributed by atoms with Gasteiger partial charge in [-0.1, -0.05) is 24.4 Å². The van der Waals surface area contributed by atoms with Crippen molar-refractivity contribution in [2.24, 2.45) is 5.92 Å². The average Bonchev–Trinajstić information content (AvgIpc) is 3.08. The van der Waals surface area contributed by atoms with Crippen molar-refractivity contribution in [3.8, 4) is 5.75 Å². The smallest absolute Gasteiger partial charge is 0.227 e. The Morgan fingerprint density at radius 1 is 1.19 bits per heavy atom. The Balaban J connectivity index is 1.47. The van der Waals surface area contributed by atoms with E-state index in [0.717, 1.165) is 24.2 Å². The molecule has 3 aliphatic rings. The standard InChI is InChI=1S/C20H25ClN2O3/c21-16-6-7-18-15(11-16)12-22(9-10-26-18)20(25)14-5-8-19(24)23(13-14)17-3-1-2-4-17/h6-7,11,14,17H,1-5,8-10,12-13H2/t14-/m0/s1. The van der Waals surface area contributed by atoms with Crippen LogP contribution < -0.4 is 4.74 Å². The van der Waals surface area contributed by atoms with E-state index in [2.05, 4.69) is 0 Å². The van der Waals surface area contributed by atoms with Crippen molar-refractivity contribution in [1.82, 2.24) is 9.80 Å². The lowest BCUT2D eigenvalue weighted by atomic mass is 9.94. The van der Waals surface area contributed by atoms with Crippen LogP contribution in [0, 0.1) is 5.92 Å². The van der Waals surface area contributed by atoms with Crippen LogP contribution in [0.15, 0.2) is 18.2 Å². The summed E-state index contributed by atoms with van der Waals surface area (Å²) in [6, 6.07) is 5.89. The molecule has 1 atom stereocenters. The first-order valence-corrected chi connectivity index (χ1v) is 9.99. The highest BCUT2D eigenvalue weighted by atomic mass is 35.5. The van der Waals surface area contributed by atoms with Crippen LogP contribution in [0.1, 0.15) is 44.1 Å². The number of rotatable bonds is 2. The lowest BCUT2D eigenvalue weighted by Crippen LogP contribution is -2.50. The van der Waals surface area contributed by atoms with Gasteiger partial charge in [-0.2, -0.15) is 0 Å². The summed E-state index contributed by atoms with van der Waals surface area (Å²) in [7, 11) is 0. The van der Waals surface area contributed by atoms with Crippen LogP contribution in [0.25, 0.3) is 0 Å². The molecule has 2 fully saturated rings. The maximum absolute atomic E-state index is 13.2. The minimum absolute atomic E-state index is 0.103. The largest absolute Gasteiger partial charge is 0.491 e. The predicted octanol–water partition coefficient (Wildman–Crippen LogP) is 3.24. The second-order valence-corrected chi connectivity index (χ2v) is 8.02. The van der Waals surface area contributed by atoms with E-state index in [4.69, 9.17) is 16.3 Å². The van der Waals surface area contributed by atoms with E-state index < -0.39 is 0 Å². The van der Waals surface area contributed by atoms with Gasteiger partial charge in [0, 0.05) is 36.1 Å². The van der Waals surface area contributed by atoms with Gasteiger partial charge in [0.15, 0.2) is 0 Å². The summed E-state index contributed by atoms with van der Waals surface area (Å²) in [5.74, 6) is 1.05. The number of likely N-dealkylation sites (tertiary alicyclic amines) is 1. The Hall–Kier alpha value is -1.75. The zero-order valence-corrected chi connectivity index (χ0v) is 15.7. The van der Waals surface area contributed by atoms with Gasteiger partial charge in [0.1, 0.15) is 12.4 Å². The molecule has 2 amide bonds. The molecule has 2 heterocycles. The van der Waals surface area contributed by atoms with Crippen molar-refractivity contribution >= 4 is 23.4 Å². The highest BCUT2D eigenvalue weighted by Gasteiger charge is 2.37. The topological polar surface area (TPSA) is 49.9 Å². The molecule has 0 aromatic heterocycles. The van der Waals surface area contributed by atoms with Crippen LogP contribution in [-0.2, 0) is 16.1 Å². The molecule has 6 heteroatoms. The Morgan fingerprint density at radius 2 is 2.00 bits per heavy atom. The highest BCUT2D eigenvalue weighted by Crippen LogP contribution is 2.31.